The average molecular weight is 191 g/mol. The molecule has 0 aliphatic rings. The van der Waals surface area contributed by atoms with Crippen molar-refractivity contribution in [3.63, 3.8) is 0 Å². The third-order valence-corrected chi connectivity index (χ3v) is 2.08. The lowest BCUT2D eigenvalue weighted by atomic mass is 9.97. The molecule has 0 fully saturated rings. The lowest BCUT2D eigenvalue weighted by Gasteiger charge is -2.07. The van der Waals surface area contributed by atoms with Crippen LogP contribution in [0.1, 0.15) is 12.5 Å². The van der Waals surface area contributed by atoms with Crippen molar-refractivity contribution in [3.05, 3.63) is 35.9 Å². The molecule has 1 aromatic carbocycles. The maximum absolute atomic E-state index is 11.2. The topological polar surface area (TPSA) is 60.2 Å². The third kappa shape index (κ3) is 2.69. The highest BCUT2D eigenvalue weighted by Gasteiger charge is 2.18. The maximum Gasteiger partial charge on any atom is 0.285 e. The van der Waals surface area contributed by atoms with Crippen LogP contribution in [-0.4, -0.2) is 11.7 Å². The van der Waals surface area contributed by atoms with E-state index in [2.05, 4.69) is 0 Å². The first-order chi connectivity index (χ1) is 6.61. The molecule has 0 bridgehead atoms. The van der Waals surface area contributed by atoms with Gasteiger partial charge in [0.05, 0.1) is 0 Å². The van der Waals surface area contributed by atoms with Gasteiger partial charge in [0.1, 0.15) is 0 Å². The van der Waals surface area contributed by atoms with Crippen LogP contribution in [-0.2, 0) is 16.0 Å². The Labute approximate surface area is 82.9 Å². The number of Topliss-reactive ketones (excluding diaryl/α,β-unsaturated/α-hetero) is 1. The predicted molar refractivity (Wildman–Crippen MR) is 53.5 cm³/mol. The van der Waals surface area contributed by atoms with Gasteiger partial charge < -0.3 is 5.73 Å². The molecule has 3 nitrogen and oxygen atoms in total. The molecule has 0 aliphatic heterocycles. The van der Waals surface area contributed by atoms with E-state index in [-0.39, 0.29) is 5.92 Å². The largest absolute Gasteiger partial charge is 0.363 e. The number of nitrogens with two attached hydrogens (primary N) is 1. The highest BCUT2D eigenvalue weighted by molar-refractivity contribution is 6.36. The predicted octanol–water partition coefficient (Wildman–Crippen LogP) is 0.920. The van der Waals surface area contributed by atoms with Crippen molar-refractivity contribution in [1.82, 2.24) is 0 Å². The van der Waals surface area contributed by atoms with Crippen LogP contribution in [0.5, 0.6) is 0 Å². The molecule has 1 amide bonds. The number of hydrogen-bond donors (Lipinski definition) is 1. The van der Waals surface area contributed by atoms with Gasteiger partial charge in [-0.25, -0.2) is 0 Å². The van der Waals surface area contributed by atoms with Crippen molar-refractivity contribution in [3.8, 4) is 0 Å². The van der Waals surface area contributed by atoms with E-state index >= 15 is 0 Å². The van der Waals surface area contributed by atoms with E-state index in [0.717, 1.165) is 5.56 Å². The standard InChI is InChI=1S/C11H13NO2/c1-8(10(13)11(12)14)7-9-5-3-2-4-6-9/h2-6,8H,7H2,1H3,(H2,12,14)/t8-/m0/s1. The van der Waals surface area contributed by atoms with E-state index in [4.69, 9.17) is 5.73 Å². The van der Waals surface area contributed by atoms with Gasteiger partial charge in [-0.15, -0.1) is 0 Å². The van der Waals surface area contributed by atoms with Gasteiger partial charge in [-0.05, 0) is 12.0 Å². The first kappa shape index (κ1) is 10.4. The Morgan fingerprint density at radius 3 is 2.36 bits per heavy atom. The van der Waals surface area contributed by atoms with Crippen molar-refractivity contribution in [2.75, 3.05) is 0 Å². The molecule has 0 saturated heterocycles. The molecule has 0 radical (unpaired) electrons. The van der Waals surface area contributed by atoms with Gasteiger partial charge in [-0.2, -0.15) is 0 Å². The van der Waals surface area contributed by atoms with E-state index in [9.17, 15) is 9.59 Å². The molecule has 1 rings (SSSR count). The quantitative estimate of drug-likeness (QED) is 0.719. The molecule has 0 saturated carbocycles. The third-order valence-electron chi connectivity index (χ3n) is 2.08. The maximum atomic E-state index is 11.2. The monoisotopic (exact) mass is 191 g/mol. The number of carbonyl (C=O) groups is 2. The summed E-state index contributed by atoms with van der Waals surface area (Å²) < 4.78 is 0. The molecule has 0 spiro atoms. The fraction of sp³-hybridized carbons (Fsp3) is 0.273. The van der Waals surface area contributed by atoms with Crippen LogP contribution in [0.4, 0.5) is 0 Å². The zero-order chi connectivity index (χ0) is 10.6. The first-order valence-corrected chi connectivity index (χ1v) is 4.49. The molecule has 3 heteroatoms. The lowest BCUT2D eigenvalue weighted by Crippen LogP contribution is -2.29. The molecular weight excluding hydrogens is 178 g/mol. The number of ketones is 1. The Morgan fingerprint density at radius 1 is 1.29 bits per heavy atom. The fourth-order valence-electron chi connectivity index (χ4n) is 1.30. The molecule has 1 aromatic rings. The summed E-state index contributed by atoms with van der Waals surface area (Å²) in [5.41, 5.74) is 5.94. The van der Waals surface area contributed by atoms with Gasteiger partial charge in [-0.1, -0.05) is 37.3 Å². The van der Waals surface area contributed by atoms with Crippen molar-refractivity contribution >= 4 is 11.7 Å². The molecule has 1 atom stereocenters. The number of primary amides is 1. The summed E-state index contributed by atoms with van der Waals surface area (Å²) in [6, 6.07) is 9.55. The van der Waals surface area contributed by atoms with Gasteiger partial charge in [0.15, 0.2) is 0 Å². The number of rotatable bonds is 4. The van der Waals surface area contributed by atoms with Crippen molar-refractivity contribution < 1.29 is 9.59 Å². The molecular formula is C11H13NO2. The van der Waals surface area contributed by atoms with Crippen LogP contribution < -0.4 is 5.73 Å². The van der Waals surface area contributed by atoms with Gasteiger partial charge in [0.25, 0.3) is 5.91 Å². The molecule has 0 heterocycles. The van der Waals surface area contributed by atoms with E-state index in [0.29, 0.717) is 6.42 Å². The Balaban J connectivity index is 2.62. The average Bonchev–Trinajstić information content (AvgIpc) is 2.18. The minimum Gasteiger partial charge on any atom is -0.363 e. The molecule has 0 unspecified atom stereocenters. The summed E-state index contributed by atoms with van der Waals surface area (Å²) in [6.45, 7) is 1.71. The molecule has 2 N–H and O–H groups in total. The Kier molecular flexibility index (Phi) is 3.40. The highest BCUT2D eigenvalue weighted by atomic mass is 16.2. The molecule has 0 aromatic heterocycles. The van der Waals surface area contributed by atoms with E-state index in [1.165, 1.54) is 0 Å². The van der Waals surface area contributed by atoms with Gasteiger partial charge >= 0.3 is 0 Å². The van der Waals surface area contributed by atoms with Crippen LogP contribution in [0.2, 0.25) is 0 Å². The summed E-state index contributed by atoms with van der Waals surface area (Å²) >= 11 is 0. The zero-order valence-electron chi connectivity index (χ0n) is 8.07. The summed E-state index contributed by atoms with van der Waals surface area (Å²) in [5, 5.41) is 0. The van der Waals surface area contributed by atoms with Gasteiger partial charge in [0.2, 0.25) is 5.78 Å². The number of benzene rings is 1. The summed E-state index contributed by atoms with van der Waals surface area (Å²) in [4.78, 5) is 21.8. The minimum absolute atomic E-state index is 0.338. The molecule has 0 aliphatic carbocycles. The summed E-state index contributed by atoms with van der Waals surface area (Å²) in [5.74, 6) is -1.70. The SMILES string of the molecule is C[C@@H](Cc1ccccc1)C(=O)C(N)=O. The van der Waals surface area contributed by atoms with Crippen LogP contribution in [0, 0.1) is 5.92 Å². The summed E-state index contributed by atoms with van der Waals surface area (Å²) in [7, 11) is 0. The van der Waals surface area contributed by atoms with E-state index in [1.807, 2.05) is 30.3 Å². The number of amides is 1. The van der Waals surface area contributed by atoms with Crippen LogP contribution in [0.25, 0.3) is 0 Å². The molecule has 14 heavy (non-hydrogen) atoms. The Morgan fingerprint density at radius 2 is 1.86 bits per heavy atom. The van der Waals surface area contributed by atoms with Crippen LogP contribution in [0.3, 0.4) is 0 Å². The van der Waals surface area contributed by atoms with Crippen molar-refractivity contribution in [1.29, 1.82) is 0 Å². The number of carbonyl (C=O) groups excluding carboxylic acids is 2. The Hall–Kier alpha value is -1.64. The van der Waals surface area contributed by atoms with Crippen LogP contribution in [0.15, 0.2) is 30.3 Å². The Bertz CT molecular complexity index is 332. The van der Waals surface area contributed by atoms with Gasteiger partial charge in [0, 0.05) is 5.92 Å². The first-order valence-electron chi connectivity index (χ1n) is 4.49. The lowest BCUT2D eigenvalue weighted by molar-refractivity contribution is -0.138. The molecule has 74 valence electrons. The minimum atomic E-state index is -0.853. The normalized spacial score (nSPS) is 12.1. The van der Waals surface area contributed by atoms with E-state index < -0.39 is 11.7 Å². The van der Waals surface area contributed by atoms with Crippen LogP contribution >= 0.6 is 0 Å². The fourth-order valence-corrected chi connectivity index (χ4v) is 1.30. The summed E-state index contributed by atoms with van der Waals surface area (Å²) in [6.07, 6.45) is 0.558. The van der Waals surface area contributed by atoms with Crippen molar-refractivity contribution in [2.45, 2.75) is 13.3 Å². The second-order valence-corrected chi connectivity index (χ2v) is 3.32. The second-order valence-electron chi connectivity index (χ2n) is 3.32. The highest BCUT2D eigenvalue weighted by Crippen LogP contribution is 2.08. The van der Waals surface area contributed by atoms with Crippen molar-refractivity contribution in [2.24, 2.45) is 11.7 Å². The van der Waals surface area contributed by atoms with Gasteiger partial charge in [-0.3, -0.25) is 9.59 Å². The second kappa shape index (κ2) is 4.56. The number of hydrogen-bond acceptors (Lipinski definition) is 2. The van der Waals surface area contributed by atoms with E-state index in [1.54, 1.807) is 6.92 Å². The zero-order valence-corrected chi connectivity index (χ0v) is 8.07. The smallest absolute Gasteiger partial charge is 0.285 e.